The van der Waals surface area contributed by atoms with Crippen LogP contribution in [0.4, 0.5) is 11.5 Å². The second-order valence-electron chi connectivity index (χ2n) is 6.71. The van der Waals surface area contributed by atoms with Crippen LogP contribution in [0.2, 0.25) is 0 Å². The third-order valence-electron chi connectivity index (χ3n) is 4.87. The van der Waals surface area contributed by atoms with E-state index in [2.05, 4.69) is 11.4 Å². The highest BCUT2D eigenvalue weighted by Crippen LogP contribution is 2.49. The van der Waals surface area contributed by atoms with E-state index in [9.17, 15) is 4.79 Å². The topological polar surface area (TPSA) is 87.9 Å². The number of aromatic nitrogens is 2. The molecule has 4 rings (SSSR count). The van der Waals surface area contributed by atoms with Crippen molar-refractivity contribution in [3.8, 4) is 6.07 Å². The van der Waals surface area contributed by atoms with Gasteiger partial charge in [0.05, 0.1) is 28.8 Å². The summed E-state index contributed by atoms with van der Waals surface area (Å²) in [6, 6.07) is 9.41. The Morgan fingerprint density at radius 2 is 2.14 bits per heavy atom. The quantitative estimate of drug-likeness (QED) is 0.554. The van der Waals surface area contributed by atoms with Gasteiger partial charge >= 0.3 is 5.97 Å². The van der Waals surface area contributed by atoms with Crippen molar-refractivity contribution >= 4 is 41.0 Å². The number of carbonyl (C=O) groups excluding carboxylic acids is 1. The molecule has 1 aliphatic carbocycles. The number of nitrogens with zero attached hydrogens (tertiary/aromatic N) is 3. The molecule has 1 fully saturated rings. The number of benzene rings is 1. The van der Waals surface area contributed by atoms with Gasteiger partial charge in [-0.05, 0) is 50.5 Å². The lowest BCUT2D eigenvalue weighted by Crippen LogP contribution is -2.43. The molecule has 144 valence electrons. The largest absolute Gasteiger partial charge is 0.465 e. The van der Waals surface area contributed by atoms with E-state index in [1.165, 1.54) is 11.8 Å². The van der Waals surface area contributed by atoms with E-state index >= 15 is 0 Å². The molecule has 0 bridgehead atoms. The summed E-state index contributed by atoms with van der Waals surface area (Å²) in [5, 5.41) is 12.9. The van der Waals surface area contributed by atoms with Crippen molar-refractivity contribution in [2.45, 2.75) is 47.4 Å². The first kappa shape index (κ1) is 19.1. The van der Waals surface area contributed by atoms with Crippen LogP contribution < -0.4 is 5.32 Å². The molecule has 0 unspecified atom stereocenters. The first-order chi connectivity index (χ1) is 13.6. The summed E-state index contributed by atoms with van der Waals surface area (Å²) in [5.41, 5.74) is 2.51. The maximum Gasteiger partial charge on any atom is 0.322 e. The number of anilines is 2. The average Bonchev–Trinajstić information content (AvgIpc) is 3.14. The van der Waals surface area contributed by atoms with Gasteiger partial charge in [0.1, 0.15) is 10.6 Å². The molecule has 1 aromatic heterocycles. The van der Waals surface area contributed by atoms with Gasteiger partial charge in [0.2, 0.25) is 0 Å². The van der Waals surface area contributed by atoms with Gasteiger partial charge in [-0.2, -0.15) is 5.26 Å². The molecule has 6 nitrogen and oxygen atoms in total. The summed E-state index contributed by atoms with van der Waals surface area (Å²) in [6.07, 6.45) is 3.50. The highest BCUT2D eigenvalue weighted by Gasteiger charge is 2.47. The van der Waals surface area contributed by atoms with E-state index in [-0.39, 0.29) is 5.97 Å². The smallest absolute Gasteiger partial charge is 0.322 e. The predicted molar refractivity (Wildman–Crippen MR) is 110 cm³/mol. The van der Waals surface area contributed by atoms with E-state index in [4.69, 9.17) is 20.0 Å². The molecule has 0 saturated heterocycles. The maximum absolute atomic E-state index is 12.5. The summed E-state index contributed by atoms with van der Waals surface area (Å²) >= 11 is 3.18. The van der Waals surface area contributed by atoms with E-state index in [0.29, 0.717) is 17.3 Å². The van der Waals surface area contributed by atoms with Gasteiger partial charge in [0.25, 0.3) is 0 Å². The van der Waals surface area contributed by atoms with Crippen molar-refractivity contribution < 1.29 is 9.53 Å². The predicted octanol–water partition coefficient (Wildman–Crippen LogP) is 4.32. The SMILES string of the molecule is CCOC(=O)C1(Sc2nc3c(c(Nc4ccc(C#N)cc4)n2)SCC3)CCC1. The summed E-state index contributed by atoms with van der Waals surface area (Å²) in [6.45, 7) is 2.21. The van der Waals surface area contributed by atoms with Crippen molar-refractivity contribution in [1.82, 2.24) is 9.97 Å². The highest BCUT2D eigenvalue weighted by molar-refractivity contribution is 8.01. The van der Waals surface area contributed by atoms with Crippen molar-refractivity contribution in [2.24, 2.45) is 0 Å². The van der Waals surface area contributed by atoms with E-state index < -0.39 is 4.75 Å². The normalized spacial score (nSPS) is 16.6. The third-order valence-corrected chi connectivity index (χ3v) is 7.33. The number of nitrogens with one attached hydrogen (secondary N) is 1. The minimum absolute atomic E-state index is 0.161. The monoisotopic (exact) mass is 412 g/mol. The van der Waals surface area contributed by atoms with Crippen molar-refractivity contribution in [2.75, 3.05) is 17.7 Å². The first-order valence-electron chi connectivity index (χ1n) is 9.31. The van der Waals surface area contributed by atoms with Crippen LogP contribution in [0.1, 0.15) is 37.4 Å². The molecule has 1 aromatic carbocycles. The number of nitriles is 1. The Bertz CT molecular complexity index is 936. The summed E-state index contributed by atoms with van der Waals surface area (Å²) in [4.78, 5) is 23.0. The standard InChI is InChI=1S/C20H20N4O2S2/c1-2-26-18(25)20(9-3-10-20)28-19-23-15-8-11-27-16(15)17(24-19)22-14-6-4-13(12-21)5-7-14/h4-7H,2-3,8-11H2,1H3,(H,22,23,24). The molecular weight excluding hydrogens is 392 g/mol. The Labute approximate surface area is 172 Å². The highest BCUT2D eigenvalue weighted by atomic mass is 32.2. The van der Waals surface area contributed by atoms with Crippen LogP contribution in [-0.4, -0.2) is 33.0 Å². The van der Waals surface area contributed by atoms with Crippen LogP contribution in [-0.2, 0) is 16.0 Å². The Morgan fingerprint density at radius 1 is 1.36 bits per heavy atom. The van der Waals surface area contributed by atoms with Crippen LogP contribution in [0.15, 0.2) is 34.3 Å². The molecule has 0 radical (unpaired) electrons. The summed E-state index contributed by atoms with van der Waals surface area (Å²) < 4.78 is 4.75. The Kier molecular flexibility index (Phi) is 5.47. The number of hydrogen-bond acceptors (Lipinski definition) is 8. The van der Waals surface area contributed by atoms with E-state index in [1.54, 1.807) is 23.9 Å². The summed E-state index contributed by atoms with van der Waals surface area (Å²) in [7, 11) is 0. The Hall–Kier alpha value is -2.24. The molecule has 2 aromatic rings. The fraction of sp³-hybridized carbons (Fsp3) is 0.400. The fourth-order valence-corrected chi connectivity index (χ4v) is 5.55. The minimum Gasteiger partial charge on any atom is -0.465 e. The molecule has 2 heterocycles. The van der Waals surface area contributed by atoms with Crippen LogP contribution >= 0.6 is 23.5 Å². The lowest BCUT2D eigenvalue weighted by molar-refractivity contribution is -0.148. The number of fused-ring (bicyclic) bond motifs is 1. The number of ether oxygens (including phenoxy) is 1. The number of aryl methyl sites for hydroxylation is 1. The van der Waals surface area contributed by atoms with Crippen LogP contribution in [0, 0.1) is 11.3 Å². The zero-order chi connectivity index (χ0) is 19.6. The van der Waals surface area contributed by atoms with Crippen molar-refractivity contribution in [1.29, 1.82) is 5.26 Å². The van der Waals surface area contributed by atoms with Crippen LogP contribution in [0.5, 0.6) is 0 Å². The molecule has 28 heavy (non-hydrogen) atoms. The van der Waals surface area contributed by atoms with Crippen molar-refractivity contribution in [3.05, 3.63) is 35.5 Å². The number of hydrogen-bond donors (Lipinski definition) is 1. The average molecular weight is 413 g/mol. The lowest BCUT2D eigenvalue weighted by Gasteiger charge is -2.37. The van der Waals surface area contributed by atoms with Gasteiger partial charge in [-0.15, -0.1) is 11.8 Å². The zero-order valence-corrected chi connectivity index (χ0v) is 17.2. The van der Waals surface area contributed by atoms with Crippen molar-refractivity contribution in [3.63, 3.8) is 0 Å². The second-order valence-corrected chi connectivity index (χ2v) is 9.17. The first-order valence-corrected chi connectivity index (χ1v) is 11.1. The van der Waals surface area contributed by atoms with Crippen LogP contribution in [0.3, 0.4) is 0 Å². The number of rotatable bonds is 6. The molecule has 1 aliphatic heterocycles. The number of carbonyl (C=O) groups is 1. The van der Waals surface area contributed by atoms with Crippen LogP contribution in [0.25, 0.3) is 0 Å². The van der Waals surface area contributed by atoms with Gasteiger partial charge in [0, 0.05) is 17.9 Å². The van der Waals surface area contributed by atoms with E-state index in [1.807, 2.05) is 19.1 Å². The zero-order valence-electron chi connectivity index (χ0n) is 15.5. The second kappa shape index (κ2) is 8.02. The summed E-state index contributed by atoms with van der Waals surface area (Å²) in [5.74, 6) is 1.58. The van der Waals surface area contributed by atoms with Gasteiger partial charge < -0.3 is 10.1 Å². The molecule has 8 heteroatoms. The van der Waals surface area contributed by atoms with E-state index in [0.717, 1.165) is 53.5 Å². The molecule has 2 aliphatic rings. The third kappa shape index (κ3) is 3.69. The lowest BCUT2D eigenvalue weighted by atomic mass is 9.84. The molecule has 0 amide bonds. The Morgan fingerprint density at radius 3 is 2.79 bits per heavy atom. The van der Waals surface area contributed by atoms with Gasteiger partial charge in [0.15, 0.2) is 5.16 Å². The maximum atomic E-state index is 12.5. The fourth-order valence-electron chi connectivity index (χ4n) is 3.22. The molecular formula is C20H20N4O2S2. The molecule has 1 N–H and O–H groups in total. The number of thioether (sulfide) groups is 2. The molecule has 0 atom stereocenters. The molecule has 1 saturated carbocycles. The van der Waals surface area contributed by atoms with Gasteiger partial charge in [-0.25, -0.2) is 9.97 Å². The molecule has 0 spiro atoms. The van der Waals surface area contributed by atoms with Gasteiger partial charge in [-0.3, -0.25) is 4.79 Å². The Balaban J connectivity index is 1.62. The number of esters is 1. The van der Waals surface area contributed by atoms with Gasteiger partial charge in [-0.1, -0.05) is 11.8 Å². The minimum atomic E-state index is -0.554.